The number of carbonyl (C=O) groups is 1. The van der Waals surface area contributed by atoms with Gasteiger partial charge in [-0.1, -0.05) is 24.9 Å². The van der Waals surface area contributed by atoms with Crippen molar-refractivity contribution in [1.82, 2.24) is 20.4 Å². The zero-order chi connectivity index (χ0) is 27.2. The molecule has 0 radical (unpaired) electrons. The van der Waals surface area contributed by atoms with Crippen LogP contribution in [-0.4, -0.2) is 64.2 Å². The molecule has 1 unspecified atom stereocenters. The number of aryl methyl sites for hydroxylation is 2. The fourth-order valence-corrected chi connectivity index (χ4v) is 4.87. The van der Waals surface area contributed by atoms with E-state index in [0.717, 1.165) is 40.8 Å². The molecule has 10 nitrogen and oxygen atoms in total. The van der Waals surface area contributed by atoms with Crippen LogP contribution in [0.1, 0.15) is 61.8 Å². The summed E-state index contributed by atoms with van der Waals surface area (Å²) in [6.45, 7) is 3.86. The van der Waals surface area contributed by atoms with Crippen LogP contribution in [0, 0.1) is 6.92 Å². The number of nitrogens with zero attached hydrogens (tertiary/aromatic N) is 3. The van der Waals surface area contributed by atoms with Crippen LogP contribution >= 0.6 is 0 Å². The van der Waals surface area contributed by atoms with Gasteiger partial charge < -0.3 is 29.5 Å². The largest absolute Gasteiger partial charge is 0.490 e. The highest BCUT2D eigenvalue weighted by Crippen LogP contribution is 2.36. The van der Waals surface area contributed by atoms with Crippen molar-refractivity contribution in [3.8, 4) is 34.5 Å². The van der Waals surface area contributed by atoms with Crippen LogP contribution in [0.3, 0.4) is 0 Å². The quantitative estimate of drug-likeness (QED) is 0.343. The molecule has 3 N–H and O–H groups in total. The van der Waals surface area contributed by atoms with Gasteiger partial charge in [-0.05, 0) is 55.5 Å². The molecule has 10 heteroatoms. The highest BCUT2D eigenvalue weighted by molar-refractivity contribution is 5.80. The molecular weight excluding hydrogens is 488 g/mol. The lowest BCUT2D eigenvalue weighted by Gasteiger charge is -2.18. The number of pyridine rings is 1. The summed E-state index contributed by atoms with van der Waals surface area (Å²) < 4.78 is 17.0. The first kappa shape index (κ1) is 27.5. The Morgan fingerprint density at radius 1 is 1.16 bits per heavy atom. The lowest BCUT2D eigenvalue weighted by Crippen LogP contribution is -2.36. The maximum atomic E-state index is 11.5. The minimum Gasteiger partial charge on any atom is -0.490 e. The third-order valence-electron chi connectivity index (χ3n) is 6.93. The standard InChI is InChI=1S/C28H36N4O6/c1-5-17-11-19(10-16(2)25(17)37-15-21(33)14-23(34)27(35)29-3)26-31-28(38-32-26)20-12-22(18-8-6-7-9-18)30-24(13-20)36-4/h10-13,18,21,23,33-34H,5-9,14-15H2,1-4H3,(H,29,35)/t21-,23?/m0/s1. The fourth-order valence-electron chi connectivity index (χ4n) is 4.87. The molecule has 204 valence electrons. The molecule has 1 aliphatic carbocycles. The van der Waals surface area contributed by atoms with Gasteiger partial charge in [0.2, 0.25) is 17.6 Å². The van der Waals surface area contributed by atoms with Gasteiger partial charge >= 0.3 is 0 Å². The summed E-state index contributed by atoms with van der Waals surface area (Å²) in [5, 5.41) is 26.7. The van der Waals surface area contributed by atoms with Gasteiger partial charge in [-0.15, -0.1) is 0 Å². The lowest BCUT2D eigenvalue weighted by atomic mass is 10.0. The van der Waals surface area contributed by atoms with E-state index in [9.17, 15) is 15.0 Å². The molecule has 0 spiro atoms. The third-order valence-corrected chi connectivity index (χ3v) is 6.93. The van der Waals surface area contributed by atoms with Crippen LogP contribution in [0.4, 0.5) is 0 Å². The van der Waals surface area contributed by atoms with Gasteiger partial charge in [-0.25, -0.2) is 4.98 Å². The number of hydrogen-bond donors (Lipinski definition) is 3. The first-order chi connectivity index (χ1) is 18.3. The molecular formula is C28H36N4O6. The molecule has 0 aliphatic heterocycles. The van der Waals surface area contributed by atoms with Gasteiger partial charge in [0.05, 0.1) is 13.2 Å². The number of methoxy groups -OCH3 is 1. The number of hydrogen-bond acceptors (Lipinski definition) is 9. The zero-order valence-electron chi connectivity index (χ0n) is 22.4. The van der Waals surface area contributed by atoms with Crippen molar-refractivity contribution >= 4 is 5.91 Å². The normalized spacial score (nSPS) is 15.3. The number of aliphatic hydroxyl groups is 2. The second-order valence-electron chi connectivity index (χ2n) is 9.69. The summed E-state index contributed by atoms with van der Waals surface area (Å²) in [5.41, 5.74) is 4.32. The van der Waals surface area contributed by atoms with Gasteiger partial charge in [0.1, 0.15) is 18.5 Å². The van der Waals surface area contributed by atoms with Crippen LogP contribution < -0.4 is 14.8 Å². The molecule has 4 rings (SSSR count). The topological polar surface area (TPSA) is 140 Å². The summed E-state index contributed by atoms with van der Waals surface area (Å²) in [4.78, 5) is 20.8. The fraction of sp³-hybridized carbons (Fsp3) is 0.500. The van der Waals surface area contributed by atoms with Crippen molar-refractivity contribution in [1.29, 1.82) is 0 Å². The molecule has 1 aromatic carbocycles. The summed E-state index contributed by atoms with van der Waals surface area (Å²) in [6, 6.07) is 7.68. The van der Waals surface area contributed by atoms with Crippen LogP contribution in [0.15, 0.2) is 28.8 Å². The Morgan fingerprint density at radius 3 is 2.61 bits per heavy atom. The van der Waals surface area contributed by atoms with Crippen LogP contribution in [0.5, 0.6) is 11.6 Å². The van der Waals surface area contributed by atoms with Crippen molar-refractivity contribution in [2.24, 2.45) is 0 Å². The number of carbonyl (C=O) groups excluding carboxylic acids is 1. The zero-order valence-corrected chi connectivity index (χ0v) is 22.4. The molecule has 38 heavy (non-hydrogen) atoms. The Hall–Kier alpha value is -3.50. The predicted molar refractivity (Wildman–Crippen MR) is 141 cm³/mol. The molecule has 2 heterocycles. The Balaban J connectivity index is 1.53. The van der Waals surface area contributed by atoms with Crippen molar-refractivity contribution in [2.75, 3.05) is 20.8 Å². The maximum absolute atomic E-state index is 11.5. The number of nitrogens with one attached hydrogen (secondary N) is 1. The number of aromatic nitrogens is 3. The van der Waals surface area contributed by atoms with E-state index in [4.69, 9.17) is 14.0 Å². The second kappa shape index (κ2) is 12.4. The van der Waals surface area contributed by atoms with Crippen molar-refractivity contribution in [2.45, 2.75) is 70.5 Å². The number of amides is 1. The minimum atomic E-state index is -1.30. The Labute approximate surface area is 222 Å². The van der Waals surface area contributed by atoms with Crippen LogP contribution in [0.25, 0.3) is 22.8 Å². The average Bonchev–Trinajstić information content (AvgIpc) is 3.64. The molecule has 0 saturated heterocycles. The molecule has 1 amide bonds. The first-order valence-electron chi connectivity index (χ1n) is 13.1. The molecule has 1 aliphatic rings. The van der Waals surface area contributed by atoms with E-state index in [-0.39, 0.29) is 13.0 Å². The lowest BCUT2D eigenvalue weighted by molar-refractivity contribution is -0.130. The van der Waals surface area contributed by atoms with Crippen molar-refractivity contribution in [3.05, 3.63) is 41.1 Å². The first-order valence-corrected chi connectivity index (χ1v) is 13.1. The highest BCUT2D eigenvalue weighted by atomic mass is 16.5. The molecule has 2 aromatic heterocycles. The van der Waals surface area contributed by atoms with E-state index in [0.29, 0.717) is 35.7 Å². The number of ether oxygens (including phenoxy) is 2. The number of rotatable bonds is 11. The Morgan fingerprint density at radius 2 is 1.92 bits per heavy atom. The average molecular weight is 525 g/mol. The maximum Gasteiger partial charge on any atom is 0.258 e. The van der Waals surface area contributed by atoms with Crippen LogP contribution in [0.2, 0.25) is 0 Å². The molecule has 1 fully saturated rings. The van der Waals surface area contributed by atoms with E-state index >= 15 is 0 Å². The summed E-state index contributed by atoms with van der Waals surface area (Å²) >= 11 is 0. The van der Waals surface area contributed by atoms with Gasteiger partial charge in [0.25, 0.3) is 5.89 Å². The van der Waals surface area contributed by atoms with E-state index in [1.54, 1.807) is 7.11 Å². The predicted octanol–water partition coefficient (Wildman–Crippen LogP) is 3.57. The highest BCUT2D eigenvalue weighted by Gasteiger charge is 2.23. The van der Waals surface area contributed by atoms with E-state index < -0.39 is 18.1 Å². The molecule has 0 bridgehead atoms. The van der Waals surface area contributed by atoms with Gasteiger partial charge in [0.15, 0.2) is 0 Å². The van der Waals surface area contributed by atoms with Gasteiger partial charge in [0, 0.05) is 42.3 Å². The van der Waals surface area contributed by atoms with E-state index in [1.165, 1.54) is 19.9 Å². The van der Waals surface area contributed by atoms with Crippen LogP contribution in [-0.2, 0) is 11.2 Å². The SMILES string of the molecule is CCc1cc(-c2noc(-c3cc(OC)nc(C4CCCC4)c3)n2)cc(C)c1OC[C@@H](O)CC(O)C(=O)NC. The van der Waals surface area contributed by atoms with E-state index in [2.05, 4.69) is 20.4 Å². The number of aliphatic hydroxyl groups excluding tert-OH is 2. The molecule has 1 saturated carbocycles. The minimum absolute atomic E-state index is 0.0548. The van der Waals surface area contributed by atoms with Gasteiger partial charge in [-0.3, -0.25) is 4.79 Å². The molecule has 3 aromatic rings. The monoisotopic (exact) mass is 524 g/mol. The summed E-state index contributed by atoms with van der Waals surface area (Å²) in [7, 11) is 3.03. The number of likely N-dealkylation sites (N-methyl/N-ethyl adjacent to an activating group) is 1. The third kappa shape index (κ3) is 6.31. The van der Waals surface area contributed by atoms with Crippen molar-refractivity contribution in [3.63, 3.8) is 0 Å². The molecule has 2 atom stereocenters. The summed E-state index contributed by atoms with van der Waals surface area (Å²) in [5.74, 6) is 1.90. The van der Waals surface area contributed by atoms with E-state index in [1.807, 2.05) is 38.1 Å². The second-order valence-corrected chi connectivity index (χ2v) is 9.69. The summed E-state index contributed by atoms with van der Waals surface area (Å²) in [6.07, 6.45) is 2.91. The smallest absolute Gasteiger partial charge is 0.258 e. The Kier molecular flexibility index (Phi) is 8.96. The van der Waals surface area contributed by atoms with Gasteiger partial charge in [-0.2, -0.15) is 4.98 Å². The van der Waals surface area contributed by atoms with Crippen molar-refractivity contribution < 1.29 is 29.0 Å². The Bertz CT molecular complexity index is 1250. The number of benzene rings is 1.